The predicted octanol–water partition coefficient (Wildman–Crippen LogP) is 4.14. The van der Waals surface area contributed by atoms with E-state index in [1.165, 1.54) is 32.1 Å². The zero-order valence-electron chi connectivity index (χ0n) is 12.4. The molecular weight excluding hydrogens is 290 g/mol. The molecule has 1 aliphatic carbocycles. The van der Waals surface area contributed by atoms with Crippen LogP contribution in [-0.2, 0) is 21.8 Å². The van der Waals surface area contributed by atoms with Crippen LogP contribution in [0.1, 0.15) is 59.8 Å². The van der Waals surface area contributed by atoms with Crippen molar-refractivity contribution in [2.24, 2.45) is 5.92 Å². The standard InChI is InChI=1S/C15H26NO2.Cu/c1-12(2)16(13(3)4)15(17)18-11-10-14-8-6-5-7-9-14;/h10,12-14H,5-9H2,1-4H3;/q-1;+1. The first-order chi connectivity index (χ1) is 8.52. The Balaban J connectivity index is 0.00000324. The van der Waals surface area contributed by atoms with E-state index in [9.17, 15) is 4.79 Å². The van der Waals surface area contributed by atoms with E-state index in [1.807, 2.05) is 33.8 Å². The molecule has 114 valence electrons. The normalized spacial score (nSPS) is 16.7. The molecule has 1 rings (SSSR count). The maximum atomic E-state index is 11.9. The molecule has 0 saturated heterocycles. The molecule has 3 nitrogen and oxygen atoms in total. The van der Waals surface area contributed by atoms with Crippen LogP contribution in [-0.4, -0.2) is 23.1 Å². The van der Waals surface area contributed by atoms with Crippen LogP contribution in [0.2, 0.25) is 0 Å². The molecule has 0 atom stereocenters. The minimum atomic E-state index is -0.299. The fourth-order valence-electron chi connectivity index (χ4n) is 2.55. The summed E-state index contributed by atoms with van der Waals surface area (Å²) in [6.07, 6.45) is 10.6. The summed E-state index contributed by atoms with van der Waals surface area (Å²) in [5.74, 6) is 0.540. The fourth-order valence-corrected chi connectivity index (χ4v) is 2.55. The molecule has 0 bridgehead atoms. The van der Waals surface area contributed by atoms with Gasteiger partial charge in [-0.3, -0.25) is 0 Å². The topological polar surface area (TPSA) is 29.5 Å². The Morgan fingerprint density at radius 1 is 1.16 bits per heavy atom. The summed E-state index contributed by atoms with van der Waals surface area (Å²) < 4.78 is 5.11. The Labute approximate surface area is 128 Å². The Morgan fingerprint density at radius 3 is 2.16 bits per heavy atom. The van der Waals surface area contributed by atoms with E-state index in [2.05, 4.69) is 6.26 Å². The third-order valence-corrected chi connectivity index (χ3v) is 3.42. The SMILES string of the molecule is CC(C)N(C(=O)O[C-]=CC1CCCCC1)C(C)C.[Cu+]. The fraction of sp³-hybridized carbons (Fsp3) is 0.800. The van der Waals surface area contributed by atoms with Crippen LogP contribution in [0.3, 0.4) is 0 Å². The molecule has 0 spiro atoms. The van der Waals surface area contributed by atoms with Crippen LogP contribution in [0.15, 0.2) is 6.08 Å². The number of hydrogen-bond acceptors (Lipinski definition) is 2. The number of rotatable bonds is 4. The largest absolute Gasteiger partial charge is 1.00 e. The number of carbonyl (C=O) groups is 1. The zero-order valence-corrected chi connectivity index (χ0v) is 13.4. The van der Waals surface area contributed by atoms with Crippen LogP contribution >= 0.6 is 0 Å². The molecule has 0 aromatic heterocycles. The molecule has 19 heavy (non-hydrogen) atoms. The molecule has 0 aliphatic heterocycles. The minimum Gasteiger partial charge on any atom is -0.603 e. The van der Waals surface area contributed by atoms with Crippen LogP contribution in [0.25, 0.3) is 0 Å². The number of hydrogen-bond donors (Lipinski definition) is 0. The number of allylic oxidation sites excluding steroid dienone is 1. The van der Waals surface area contributed by atoms with Crippen LogP contribution < -0.4 is 0 Å². The van der Waals surface area contributed by atoms with Crippen molar-refractivity contribution in [1.82, 2.24) is 4.90 Å². The van der Waals surface area contributed by atoms with Crippen LogP contribution in [0.5, 0.6) is 0 Å². The Kier molecular flexibility index (Phi) is 9.20. The summed E-state index contributed by atoms with van der Waals surface area (Å²) in [6.45, 7) is 7.97. The smallest absolute Gasteiger partial charge is 0.603 e. The van der Waals surface area contributed by atoms with Gasteiger partial charge in [0.25, 0.3) is 0 Å². The molecule has 0 N–H and O–H groups in total. The van der Waals surface area contributed by atoms with Crippen LogP contribution in [0, 0.1) is 12.2 Å². The summed E-state index contributed by atoms with van der Waals surface area (Å²) >= 11 is 0. The van der Waals surface area contributed by atoms with Crippen molar-refractivity contribution in [2.75, 3.05) is 0 Å². The first kappa shape index (κ1) is 18.5. The monoisotopic (exact) mass is 315 g/mol. The van der Waals surface area contributed by atoms with Gasteiger partial charge in [0.05, 0.1) is 0 Å². The molecule has 0 heterocycles. The maximum Gasteiger partial charge on any atom is 1.00 e. The second kappa shape index (κ2) is 9.44. The van der Waals surface area contributed by atoms with Crippen LogP contribution in [0.4, 0.5) is 4.79 Å². The third kappa shape index (κ3) is 6.49. The van der Waals surface area contributed by atoms with Gasteiger partial charge >= 0.3 is 17.1 Å². The molecule has 0 aromatic rings. The predicted molar refractivity (Wildman–Crippen MR) is 73.0 cm³/mol. The molecule has 1 amide bonds. The van der Waals surface area contributed by atoms with Gasteiger partial charge in [-0.2, -0.15) is 0 Å². The number of amides is 1. The van der Waals surface area contributed by atoms with Gasteiger partial charge in [0.15, 0.2) is 0 Å². The van der Waals surface area contributed by atoms with Gasteiger partial charge in [-0.1, -0.05) is 25.5 Å². The number of carbonyl (C=O) groups excluding carboxylic acids is 1. The molecule has 4 heteroatoms. The second-order valence-corrected chi connectivity index (χ2v) is 5.65. The minimum absolute atomic E-state index is 0. The molecule has 0 radical (unpaired) electrons. The van der Waals surface area contributed by atoms with Crippen molar-refractivity contribution in [3.63, 3.8) is 0 Å². The average molecular weight is 316 g/mol. The van der Waals surface area contributed by atoms with Gasteiger partial charge in [0.1, 0.15) is 0 Å². The van der Waals surface area contributed by atoms with E-state index >= 15 is 0 Å². The summed E-state index contributed by atoms with van der Waals surface area (Å²) in [6, 6.07) is 0.294. The first-order valence-electron chi connectivity index (χ1n) is 7.10. The van der Waals surface area contributed by atoms with Gasteiger partial charge in [0, 0.05) is 12.1 Å². The van der Waals surface area contributed by atoms with E-state index in [4.69, 9.17) is 4.74 Å². The number of nitrogens with zero attached hydrogens (tertiary/aromatic N) is 1. The second-order valence-electron chi connectivity index (χ2n) is 5.65. The van der Waals surface area contributed by atoms with Gasteiger partial charge in [-0.25, -0.2) is 0 Å². The molecule has 1 fully saturated rings. The first-order valence-corrected chi connectivity index (χ1v) is 7.10. The molecule has 0 unspecified atom stereocenters. The summed E-state index contributed by atoms with van der Waals surface area (Å²) in [7, 11) is 0. The molecule has 1 aliphatic rings. The van der Waals surface area contributed by atoms with E-state index in [0.29, 0.717) is 5.92 Å². The molecule has 0 aromatic carbocycles. The zero-order chi connectivity index (χ0) is 13.5. The van der Waals surface area contributed by atoms with Gasteiger partial charge < -0.3 is 14.4 Å². The third-order valence-electron chi connectivity index (χ3n) is 3.42. The Bertz CT molecular complexity index is 276. The van der Waals surface area contributed by atoms with Crippen molar-refractivity contribution in [2.45, 2.75) is 71.9 Å². The van der Waals surface area contributed by atoms with E-state index in [-0.39, 0.29) is 35.2 Å². The summed E-state index contributed by atoms with van der Waals surface area (Å²) in [5.41, 5.74) is 0. The Hall–Kier alpha value is -0.471. The van der Waals surface area contributed by atoms with Gasteiger partial charge in [-0.05, 0) is 46.5 Å². The maximum absolute atomic E-state index is 11.9. The Morgan fingerprint density at radius 2 is 1.68 bits per heavy atom. The van der Waals surface area contributed by atoms with Crippen molar-refractivity contribution in [3.05, 3.63) is 12.3 Å². The summed E-state index contributed by atoms with van der Waals surface area (Å²) in [5, 5.41) is 0. The summed E-state index contributed by atoms with van der Waals surface area (Å²) in [4.78, 5) is 13.6. The van der Waals surface area contributed by atoms with Crippen molar-refractivity contribution in [1.29, 1.82) is 0 Å². The van der Waals surface area contributed by atoms with E-state index in [0.717, 1.165) is 0 Å². The van der Waals surface area contributed by atoms with Crippen molar-refractivity contribution in [3.8, 4) is 0 Å². The van der Waals surface area contributed by atoms with E-state index < -0.39 is 0 Å². The average Bonchev–Trinajstić information content (AvgIpc) is 2.29. The quantitative estimate of drug-likeness (QED) is 0.443. The van der Waals surface area contributed by atoms with Crippen molar-refractivity contribution >= 4 is 6.09 Å². The molecule has 1 saturated carbocycles. The molecular formula is C15H26CuNO2. The van der Waals surface area contributed by atoms with Gasteiger partial charge in [0.2, 0.25) is 6.09 Å². The van der Waals surface area contributed by atoms with E-state index in [1.54, 1.807) is 4.90 Å². The number of ether oxygens (including phenoxy) is 1. The van der Waals surface area contributed by atoms with Gasteiger partial charge in [-0.15, -0.1) is 6.08 Å². The van der Waals surface area contributed by atoms with Crippen molar-refractivity contribution < 1.29 is 26.6 Å².